The van der Waals surface area contributed by atoms with E-state index in [2.05, 4.69) is 31.2 Å². The van der Waals surface area contributed by atoms with Crippen molar-refractivity contribution in [1.82, 2.24) is 0 Å². The quantitative estimate of drug-likeness (QED) is 0.591. The average molecular weight is 299 g/mol. The predicted octanol–water partition coefficient (Wildman–Crippen LogP) is 4.54. The number of ketones is 1. The first kappa shape index (κ1) is 13.9. The molecule has 0 aromatic heterocycles. The van der Waals surface area contributed by atoms with E-state index in [-0.39, 0.29) is 17.6 Å². The summed E-state index contributed by atoms with van der Waals surface area (Å²) in [5, 5.41) is 0. The van der Waals surface area contributed by atoms with Crippen LogP contribution in [-0.4, -0.2) is 11.5 Å². The van der Waals surface area contributed by atoms with Crippen LogP contribution in [0.3, 0.4) is 0 Å². The van der Waals surface area contributed by atoms with Gasteiger partial charge in [-0.05, 0) is 5.56 Å². The molecule has 4 rings (SSSR count). The minimum Gasteiger partial charge on any atom is -0.289 e. The van der Waals surface area contributed by atoms with Crippen LogP contribution in [0.4, 0.5) is 0 Å². The number of carbonyl (C=O) groups excluding carboxylic acids is 1. The maximum absolute atomic E-state index is 12.4. The molecular formula is C21H17NO. The molecule has 2 unspecified atom stereocenters. The lowest BCUT2D eigenvalue weighted by atomic mass is 9.82. The molecule has 0 radical (unpaired) electrons. The molecule has 2 aromatic carbocycles. The number of hydrogen-bond donors (Lipinski definition) is 0. The molecule has 0 bridgehead atoms. The largest absolute Gasteiger partial charge is 0.289 e. The molecule has 0 N–H and O–H groups in total. The molecule has 23 heavy (non-hydrogen) atoms. The molecule has 0 amide bonds. The molecule has 0 spiro atoms. The fourth-order valence-electron chi connectivity index (χ4n) is 3.30. The molecule has 0 saturated heterocycles. The van der Waals surface area contributed by atoms with Crippen molar-refractivity contribution in [1.29, 1.82) is 0 Å². The van der Waals surface area contributed by atoms with Crippen LogP contribution in [0.1, 0.15) is 28.4 Å². The molecular weight excluding hydrogens is 282 g/mol. The first-order valence-electron chi connectivity index (χ1n) is 7.91. The number of allylic oxidation sites excluding steroid dienone is 3. The first-order chi connectivity index (χ1) is 11.2. The van der Waals surface area contributed by atoms with Crippen molar-refractivity contribution in [2.75, 3.05) is 0 Å². The van der Waals surface area contributed by atoms with Gasteiger partial charge in [0.25, 0.3) is 0 Å². The summed E-state index contributed by atoms with van der Waals surface area (Å²) in [6.45, 7) is 2.14. The lowest BCUT2D eigenvalue weighted by Gasteiger charge is -2.19. The number of rotatable bonds is 2. The summed E-state index contributed by atoms with van der Waals surface area (Å²) in [6, 6.07) is 17.7. The van der Waals surface area contributed by atoms with Crippen LogP contribution in [0.5, 0.6) is 0 Å². The van der Waals surface area contributed by atoms with Gasteiger partial charge >= 0.3 is 0 Å². The second-order valence-corrected chi connectivity index (χ2v) is 6.06. The highest BCUT2D eigenvalue weighted by Gasteiger charge is 2.34. The highest BCUT2D eigenvalue weighted by molar-refractivity contribution is 6.11. The number of fused-ring (bicyclic) bond motifs is 3. The van der Waals surface area contributed by atoms with Gasteiger partial charge in [-0.3, -0.25) is 9.79 Å². The van der Waals surface area contributed by atoms with Crippen LogP contribution in [-0.2, 0) is 0 Å². The Morgan fingerprint density at radius 2 is 1.78 bits per heavy atom. The third-order valence-electron chi connectivity index (χ3n) is 4.63. The molecule has 112 valence electrons. The Labute approximate surface area is 135 Å². The van der Waals surface area contributed by atoms with Crippen molar-refractivity contribution in [3.8, 4) is 0 Å². The van der Waals surface area contributed by atoms with Crippen molar-refractivity contribution in [3.05, 3.63) is 89.1 Å². The van der Waals surface area contributed by atoms with E-state index in [1.807, 2.05) is 42.5 Å². The maximum atomic E-state index is 12.4. The summed E-state index contributed by atoms with van der Waals surface area (Å²) >= 11 is 0. The Morgan fingerprint density at radius 1 is 1.04 bits per heavy atom. The van der Waals surface area contributed by atoms with E-state index in [0.29, 0.717) is 5.56 Å². The number of hydrogen-bond acceptors (Lipinski definition) is 2. The van der Waals surface area contributed by atoms with Gasteiger partial charge in [0, 0.05) is 34.7 Å². The van der Waals surface area contributed by atoms with E-state index in [4.69, 9.17) is 4.99 Å². The van der Waals surface area contributed by atoms with Crippen molar-refractivity contribution >= 4 is 17.6 Å². The monoisotopic (exact) mass is 299 g/mol. The molecule has 2 nitrogen and oxygen atoms in total. The second-order valence-electron chi connectivity index (χ2n) is 6.06. The molecule has 1 heterocycles. The summed E-state index contributed by atoms with van der Waals surface area (Å²) < 4.78 is 0. The molecule has 1 aliphatic heterocycles. The molecule has 0 fully saturated rings. The molecule has 2 atom stereocenters. The third kappa shape index (κ3) is 2.36. The molecule has 1 aliphatic carbocycles. The molecule has 2 aliphatic rings. The minimum absolute atomic E-state index is 0.0210. The predicted molar refractivity (Wildman–Crippen MR) is 93.5 cm³/mol. The highest BCUT2D eigenvalue weighted by atomic mass is 16.1. The number of aliphatic imine (C=N–C) groups is 1. The van der Waals surface area contributed by atoms with E-state index in [1.165, 1.54) is 11.1 Å². The van der Waals surface area contributed by atoms with Gasteiger partial charge in [-0.15, -0.1) is 0 Å². The topological polar surface area (TPSA) is 29.4 Å². The minimum atomic E-state index is 0.0210. The van der Waals surface area contributed by atoms with Crippen LogP contribution >= 0.6 is 0 Å². The summed E-state index contributed by atoms with van der Waals surface area (Å²) in [5.41, 5.74) is 5.05. The Morgan fingerprint density at radius 3 is 2.61 bits per heavy atom. The highest BCUT2D eigenvalue weighted by Crippen LogP contribution is 2.38. The Hall–Kier alpha value is -2.74. The number of benzene rings is 2. The summed E-state index contributed by atoms with van der Waals surface area (Å²) in [6.07, 6.45) is 6.07. The zero-order chi connectivity index (χ0) is 15.8. The number of carbonyl (C=O) groups is 1. The van der Waals surface area contributed by atoms with Gasteiger partial charge < -0.3 is 0 Å². The zero-order valence-corrected chi connectivity index (χ0v) is 12.9. The summed E-state index contributed by atoms with van der Waals surface area (Å²) in [5.74, 6) is 0.509. The molecule has 2 heteroatoms. The lowest BCUT2D eigenvalue weighted by molar-refractivity contribution is 0.104. The molecule has 0 saturated carbocycles. The van der Waals surface area contributed by atoms with Crippen LogP contribution in [0.2, 0.25) is 0 Å². The van der Waals surface area contributed by atoms with Crippen molar-refractivity contribution in [3.63, 3.8) is 0 Å². The Balaban J connectivity index is 1.73. The normalized spacial score (nSPS) is 23.3. The van der Waals surface area contributed by atoms with Gasteiger partial charge in [0.15, 0.2) is 5.78 Å². The van der Waals surface area contributed by atoms with Crippen LogP contribution < -0.4 is 0 Å². The van der Waals surface area contributed by atoms with Gasteiger partial charge in [-0.2, -0.15) is 0 Å². The van der Waals surface area contributed by atoms with Gasteiger partial charge in [-0.1, -0.05) is 73.7 Å². The van der Waals surface area contributed by atoms with Crippen molar-refractivity contribution in [2.24, 2.45) is 16.8 Å². The van der Waals surface area contributed by atoms with E-state index in [1.54, 1.807) is 6.08 Å². The average Bonchev–Trinajstić information content (AvgIpc) is 2.92. The Kier molecular flexibility index (Phi) is 3.30. The van der Waals surface area contributed by atoms with E-state index >= 15 is 0 Å². The summed E-state index contributed by atoms with van der Waals surface area (Å²) in [4.78, 5) is 17.2. The molecule has 2 aromatic rings. The lowest BCUT2D eigenvalue weighted by Crippen LogP contribution is -2.18. The maximum Gasteiger partial charge on any atom is 0.187 e. The van der Waals surface area contributed by atoms with Crippen LogP contribution in [0.15, 0.2) is 77.4 Å². The fraction of sp³-hybridized carbons (Fsp3) is 0.143. The smallest absolute Gasteiger partial charge is 0.187 e. The second kappa shape index (κ2) is 5.47. The summed E-state index contributed by atoms with van der Waals surface area (Å²) in [7, 11) is 0. The van der Waals surface area contributed by atoms with Gasteiger partial charge in [-0.25, -0.2) is 0 Å². The first-order valence-corrected chi connectivity index (χ1v) is 7.91. The fourth-order valence-corrected chi connectivity index (χ4v) is 3.30. The van der Waals surface area contributed by atoms with Gasteiger partial charge in [0.2, 0.25) is 0 Å². The van der Waals surface area contributed by atoms with Crippen LogP contribution in [0.25, 0.3) is 6.08 Å². The van der Waals surface area contributed by atoms with Gasteiger partial charge in [0.1, 0.15) is 0 Å². The SMILES string of the molecule is CC1C(=CC(=O)c2ccccc2)N=C2c3ccccc3C=CC21. The Bertz CT molecular complexity index is 858. The van der Waals surface area contributed by atoms with E-state index < -0.39 is 0 Å². The van der Waals surface area contributed by atoms with E-state index in [9.17, 15) is 4.79 Å². The zero-order valence-electron chi connectivity index (χ0n) is 12.9. The van der Waals surface area contributed by atoms with Crippen LogP contribution in [0, 0.1) is 11.8 Å². The van der Waals surface area contributed by atoms with Crippen molar-refractivity contribution in [2.45, 2.75) is 6.92 Å². The standard InChI is InChI=1S/C21H17NO/c1-14-17-12-11-15-7-5-6-10-18(15)21(17)22-19(14)13-20(23)16-8-3-2-4-9-16/h2-14,17H,1H3. The van der Waals surface area contributed by atoms with E-state index in [0.717, 1.165) is 11.4 Å². The van der Waals surface area contributed by atoms with Gasteiger partial charge in [0.05, 0.1) is 5.71 Å². The number of nitrogens with zero attached hydrogens (tertiary/aromatic N) is 1. The van der Waals surface area contributed by atoms with Crippen molar-refractivity contribution < 1.29 is 4.79 Å². The third-order valence-corrected chi connectivity index (χ3v) is 4.63.